The second-order valence-electron chi connectivity index (χ2n) is 4.09. The molecule has 2 nitrogen and oxygen atoms in total. The molecule has 2 saturated heterocycles. The van der Waals surface area contributed by atoms with Gasteiger partial charge in [0.25, 0.3) is 0 Å². The number of hydrogen-bond donors (Lipinski definition) is 0. The van der Waals surface area contributed by atoms with Crippen LogP contribution in [0.2, 0.25) is 0 Å². The van der Waals surface area contributed by atoms with E-state index >= 15 is 0 Å². The highest BCUT2D eigenvalue weighted by atomic mass is 16.5. The van der Waals surface area contributed by atoms with Gasteiger partial charge in [-0.15, -0.1) is 0 Å². The SMILES string of the molecule is C[C@H]1CCOC([C@@H]2CCCO2)C1. The Kier molecular flexibility index (Phi) is 2.66. The molecular weight excluding hydrogens is 152 g/mol. The molecular formula is C10H18O2. The minimum atomic E-state index is 0.399. The highest BCUT2D eigenvalue weighted by molar-refractivity contribution is 4.79. The van der Waals surface area contributed by atoms with Crippen LogP contribution in [0, 0.1) is 5.92 Å². The third-order valence-corrected chi connectivity index (χ3v) is 2.96. The quantitative estimate of drug-likeness (QED) is 0.599. The van der Waals surface area contributed by atoms with E-state index in [1.54, 1.807) is 0 Å². The normalized spacial score (nSPS) is 43.2. The second-order valence-corrected chi connectivity index (χ2v) is 4.09. The van der Waals surface area contributed by atoms with Crippen LogP contribution in [0.15, 0.2) is 0 Å². The molecule has 2 rings (SSSR count). The van der Waals surface area contributed by atoms with Crippen molar-refractivity contribution in [2.24, 2.45) is 5.92 Å². The lowest BCUT2D eigenvalue weighted by Gasteiger charge is -2.30. The Morgan fingerprint density at radius 2 is 1.83 bits per heavy atom. The third-order valence-electron chi connectivity index (χ3n) is 2.96. The van der Waals surface area contributed by atoms with E-state index < -0.39 is 0 Å². The van der Waals surface area contributed by atoms with Crippen LogP contribution in [-0.2, 0) is 9.47 Å². The topological polar surface area (TPSA) is 18.5 Å². The van der Waals surface area contributed by atoms with Crippen LogP contribution in [0.25, 0.3) is 0 Å². The summed E-state index contributed by atoms with van der Waals surface area (Å²) in [4.78, 5) is 0. The van der Waals surface area contributed by atoms with Gasteiger partial charge in [-0.2, -0.15) is 0 Å². The highest BCUT2D eigenvalue weighted by Gasteiger charge is 2.30. The molecule has 0 N–H and O–H groups in total. The van der Waals surface area contributed by atoms with Crippen molar-refractivity contribution in [1.29, 1.82) is 0 Å². The summed E-state index contributed by atoms with van der Waals surface area (Å²) >= 11 is 0. The Morgan fingerprint density at radius 3 is 2.50 bits per heavy atom. The standard InChI is InChI=1S/C10H18O2/c1-8-4-6-12-10(7-8)9-3-2-5-11-9/h8-10H,2-7H2,1H3/t8-,9-,10?/m0/s1. The van der Waals surface area contributed by atoms with Crippen LogP contribution < -0.4 is 0 Å². The fraction of sp³-hybridized carbons (Fsp3) is 1.00. The van der Waals surface area contributed by atoms with Crippen molar-refractivity contribution in [3.8, 4) is 0 Å². The molecule has 0 aromatic heterocycles. The molecule has 70 valence electrons. The van der Waals surface area contributed by atoms with E-state index in [9.17, 15) is 0 Å². The molecule has 0 amide bonds. The number of ether oxygens (including phenoxy) is 2. The average Bonchev–Trinajstić information content (AvgIpc) is 2.56. The predicted octanol–water partition coefficient (Wildman–Crippen LogP) is 1.98. The van der Waals surface area contributed by atoms with Gasteiger partial charge in [0.05, 0.1) is 12.2 Å². The van der Waals surface area contributed by atoms with Gasteiger partial charge in [0.2, 0.25) is 0 Å². The first kappa shape index (κ1) is 8.52. The fourth-order valence-corrected chi connectivity index (χ4v) is 2.16. The van der Waals surface area contributed by atoms with Crippen molar-refractivity contribution in [3.63, 3.8) is 0 Å². The maximum atomic E-state index is 5.71. The van der Waals surface area contributed by atoms with Gasteiger partial charge in [0, 0.05) is 13.2 Å². The monoisotopic (exact) mass is 170 g/mol. The molecule has 0 aliphatic carbocycles. The minimum absolute atomic E-state index is 0.399. The number of rotatable bonds is 1. The van der Waals surface area contributed by atoms with E-state index in [1.165, 1.54) is 25.7 Å². The molecule has 3 atom stereocenters. The van der Waals surface area contributed by atoms with Gasteiger partial charge in [-0.3, -0.25) is 0 Å². The first-order chi connectivity index (χ1) is 5.86. The van der Waals surface area contributed by atoms with Crippen LogP contribution >= 0.6 is 0 Å². The highest BCUT2D eigenvalue weighted by Crippen LogP contribution is 2.27. The summed E-state index contributed by atoms with van der Waals surface area (Å²) in [6.07, 6.45) is 5.66. The van der Waals surface area contributed by atoms with Crippen LogP contribution in [0.3, 0.4) is 0 Å². The lowest BCUT2D eigenvalue weighted by molar-refractivity contribution is -0.0824. The predicted molar refractivity (Wildman–Crippen MR) is 47.1 cm³/mol. The lowest BCUT2D eigenvalue weighted by Crippen LogP contribution is -2.34. The van der Waals surface area contributed by atoms with Crippen molar-refractivity contribution in [3.05, 3.63) is 0 Å². The molecule has 0 spiro atoms. The van der Waals surface area contributed by atoms with Gasteiger partial charge in [-0.05, 0) is 31.6 Å². The molecule has 2 aliphatic heterocycles. The van der Waals surface area contributed by atoms with Crippen LogP contribution in [0.4, 0.5) is 0 Å². The van der Waals surface area contributed by atoms with Crippen LogP contribution in [-0.4, -0.2) is 25.4 Å². The minimum Gasteiger partial charge on any atom is -0.376 e. The summed E-state index contributed by atoms with van der Waals surface area (Å²) in [5, 5.41) is 0. The summed E-state index contributed by atoms with van der Waals surface area (Å²) in [6.45, 7) is 4.19. The Balaban J connectivity index is 1.85. The van der Waals surface area contributed by atoms with Crippen molar-refractivity contribution in [2.45, 2.75) is 44.8 Å². The van der Waals surface area contributed by atoms with E-state index in [4.69, 9.17) is 9.47 Å². The van der Waals surface area contributed by atoms with Gasteiger partial charge in [0.15, 0.2) is 0 Å². The molecule has 0 bridgehead atoms. The molecule has 0 saturated carbocycles. The molecule has 1 unspecified atom stereocenters. The zero-order chi connectivity index (χ0) is 8.39. The van der Waals surface area contributed by atoms with E-state index in [2.05, 4.69) is 6.92 Å². The summed E-state index contributed by atoms with van der Waals surface area (Å²) in [5.41, 5.74) is 0. The maximum absolute atomic E-state index is 5.71. The zero-order valence-electron chi connectivity index (χ0n) is 7.79. The molecule has 2 fully saturated rings. The van der Waals surface area contributed by atoms with Gasteiger partial charge >= 0.3 is 0 Å². The first-order valence-corrected chi connectivity index (χ1v) is 5.09. The van der Waals surface area contributed by atoms with Gasteiger partial charge < -0.3 is 9.47 Å². The molecule has 0 aromatic carbocycles. The molecule has 12 heavy (non-hydrogen) atoms. The Labute approximate surface area is 74.2 Å². The van der Waals surface area contributed by atoms with Crippen LogP contribution in [0.5, 0.6) is 0 Å². The summed E-state index contributed by atoms with van der Waals surface area (Å²) in [5.74, 6) is 0.827. The molecule has 2 heterocycles. The summed E-state index contributed by atoms with van der Waals surface area (Å²) < 4.78 is 11.3. The van der Waals surface area contributed by atoms with Crippen LogP contribution in [0.1, 0.15) is 32.6 Å². The van der Waals surface area contributed by atoms with Crippen molar-refractivity contribution >= 4 is 0 Å². The smallest absolute Gasteiger partial charge is 0.0839 e. The van der Waals surface area contributed by atoms with Gasteiger partial charge in [-0.1, -0.05) is 6.92 Å². The van der Waals surface area contributed by atoms with E-state index in [1.807, 2.05) is 0 Å². The van der Waals surface area contributed by atoms with Gasteiger partial charge in [0.1, 0.15) is 0 Å². The molecule has 0 radical (unpaired) electrons. The molecule has 2 heteroatoms. The van der Waals surface area contributed by atoms with E-state index in [0.717, 1.165) is 19.1 Å². The Hall–Kier alpha value is -0.0800. The van der Waals surface area contributed by atoms with E-state index in [0.29, 0.717) is 12.2 Å². The molecule has 2 aliphatic rings. The number of hydrogen-bond acceptors (Lipinski definition) is 2. The third kappa shape index (κ3) is 1.80. The molecule has 0 aromatic rings. The fourth-order valence-electron chi connectivity index (χ4n) is 2.16. The Morgan fingerprint density at radius 1 is 1.00 bits per heavy atom. The first-order valence-electron chi connectivity index (χ1n) is 5.09. The largest absolute Gasteiger partial charge is 0.376 e. The van der Waals surface area contributed by atoms with Crippen molar-refractivity contribution < 1.29 is 9.47 Å². The van der Waals surface area contributed by atoms with Crippen molar-refractivity contribution in [1.82, 2.24) is 0 Å². The van der Waals surface area contributed by atoms with Gasteiger partial charge in [-0.25, -0.2) is 0 Å². The van der Waals surface area contributed by atoms with E-state index in [-0.39, 0.29) is 0 Å². The Bertz CT molecular complexity index is 141. The van der Waals surface area contributed by atoms with Crippen molar-refractivity contribution in [2.75, 3.05) is 13.2 Å². The summed E-state index contributed by atoms with van der Waals surface area (Å²) in [7, 11) is 0. The average molecular weight is 170 g/mol. The second kappa shape index (κ2) is 3.75. The maximum Gasteiger partial charge on any atom is 0.0839 e. The lowest BCUT2D eigenvalue weighted by atomic mass is 9.94. The summed E-state index contributed by atoms with van der Waals surface area (Å²) in [6, 6.07) is 0. The zero-order valence-corrected chi connectivity index (χ0v) is 7.79.